The first-order valence-electron chi connectivity index (χ1n) is 12.1. The van der Waals surface area contributed by atoms with Gasteiger partial charge in [-0.25, -0.2) is 9.80 Å². The van der Waals surface area contributed by atoms with E-state index >= 15 is 0 Å². The Labute approximate surface area is 211 Å². The number of para-hydroxylation sites is 1. The Morgan fingerprint density at radius 3 is 2.76 bits per heavy atom. The molecule has 1 saturated carbocycles. The third-order valence-electron chi connectivity index (χ3n) is 6.75. The average Bonchev–Trinajstić information content (AvgIpc) is 3.68. The molecule has 9 heteroatoms. The number of hydrogen-bond acceptors (Lipinski definition) is 7. The lowest BCUT2D eigenvalue weighted by Crippen LogP contribution is -2.34. The van der Waals surface area contributed by atoms with E-state index in [1.165, 1.54) is 11.1 Å². The van der Waals surface area contributed by atoms with Gasteiger partial charge in [-0.05, 0) is 61.2 Å². The number of hydrogen-bond donors (Lipinski definition) is 1. The molecule has 0 bridgehead atoms. The van der Waals surface area contributed by atoms with Crippen LogP contribution in [0.5, 0.6) is 0 Å². The third kappa shape index (κ3) is 4.29. The Morgan fingerprint density at radius 1 is 1.11 bits per heavy atom. The first-order valence-corrected chi connectivity index (χ1v) is 12.1. The number of nitrogens with zero attached hydrogens (tertiary/aromatic N) is 2. The van der Waals surface area contributed by atoms with E-state index in [4.69, 9.17) is 18.7 Å². The number of amides is 1. The molecule has 4 heterocycles. The monoisotopic (exact) mass is 497 g/mol. The van der Waals surface area contributed by atoms with Crippen molar-refractivity contribution < 1.29 is 23.2 Å². The molecular formula is C28H23N3O6. The van der Waals surface area contributed by atoms with Crippen LogP contribution in [0.15, 0.2) is 91.4 Å². The summed E-state index contributed by atoms with van der Waals surface area (Å²) in [5.41, 5.74) is 1.99. The predicted molar refractivity (Wildman–Crippen MR) is 135 cm³/mol. The van der Waals surface area contributed by atoms with E-state index in [1.807, 2.05) is 24.3 Å². The minimum atomic E-state index is -0.757. The highest BCUT2D eigenvalue weighted by molar-refractivity contribution is 6.08. The van der Waals surface area contributed by atoms with Crippen molar-refractivity contribution >= 4 is 34.6 Å². The fourth-order valence-corrected chi connectivity index (χ4v) is 5.14. The van der Waals surface area contributed by atoms with Crippen LogP contribution < -0.4 is 5.56 Å². The van der Waals surface area contributed by atoms with Crippen LogP contribution in [-0.2, 0) is 9.53 Å². The van der Waals surface area contributed by atoms with Gasteiger partial charge in [0.1, 0.15) is 17.6 Å². The predicted octanol–water partition coefficient (Wildman–Crippen LogP) is 4.69. The summed E-state index contributed by atoms with van der Waals surface area (Å²) in [4.78, 5) is 41.0. The number of nitrogens with one attached hydrogen (secondary N) is 1. The van der Waals surface area contributed by atoms with Gasteiger partial charge in [0, 0.05) is 22.9 Å². The second kappa shape index (κ2) is 9.42. The molecule has 6 rings (SSSR count). The quantitative estimate of drug-likeness (QED) is 0.400. The smallest absolute Gasteiger partial charge is 0.339 e. The molecule has 0 saturated heterocycles. The Morgan fingerprint density at radius 2 is 1.95 bits per heavy atom. The highest BCUT2D eigenvalue weighted by atomic mass is 16.5. The molecule has 1 N–H and O–H groups in total. The topological polar surface area (TPSA) is 118 Å². The van der Waals surface area contributed by atoms with Crippen molar-refractivity contribution in [2.75, 3.05) is 6.61 Å². The lowest BCUT2D eigenvalue weighted by atomic mass is 9.79. The van der Waals surface area contributed by atoms with Gasteiger partial charge in [0.15, 0.2) is 6.61 Å². The van der Waals surface area contributed by atoms with Gasteiger partial charge in [-0.3, -0.25) is 9.59 Å². The SMILES string of the molecule is O=C(OCC(=O)N1N=C2C(=Cc3ccco3)CCCC2C1c1ccco1)c1cc(=O)[nH]c2ccccc12. The molecule has 0 spiro atoms. The molecule has 9 nitrogen and oxygen atoms in total. The number of ether oxygens (including phenoxy) is 1. The average molecular weight is 498 g/mol. The molecule has 1 amide bonds. The minimum Gasteiger partial charge on any atom is -0.467 e. The Hall–Kier alpha value is -4.66. The molecule has 2 atom stereocenters. The Kier molecular flexibility index (Phi) is 5.80. The number of furan rings is 2. The van der Waals surface area contributed by atoms with Crippen molar-refractivity contribution in [1.29, 1.82) is 0 Å². The molecular weight excluding hydrogens is 474 g/mol. The number of allylic oxidation sites excluding steroid dienone is 1. The van der Waals surface area contributed by atoms with Crippen LogP contribution in [0.1, 0.15) is 47.2 Å². The number of esters is 1. The first kappa shape index (κ1) is 22.8. The lowest BCUT2D eigenvalue weighted by molar-refractivity contribution is -0.137. The van der Waals surface area contributed by atoms with E-state index in [9.17, 15) is 14.4 Å². The van der Waals surface area contributed by atoms with Crippen molar-refractivity contribution in [3.05, 3.63) is 100 Å². The highest BCUT2D eigenvalue weighted by Crippen LogP contribution is 2.44. The zero-order valence-corrected chi connectivity index (χ0v) is 19.8. The summed E-state index contributed by atoms with van der Waals surface area (Å²) in [7, 11) is 0. The Balaban J connectivity index is 1.27. The molecule has 37 heavy (non-hydrogen) atoms. The van der Waals surface area contributed by atoms with E-state index in [0.29, 0.717) is 16.7 Å². The number of pyridine rings is 1. The zero-order valence-electron chi connectivity index (χ0n) is 19.8. The number of benzene rings is 1. The summed E-state index contributed by atoms with van der Waals surface area (Å²) in [6.07, 6.45) is 7.71. The number of rotatable bonds is 5. The molecule has 1 aliphatic carbocycles. The number of H-pyrrole nitrogens is 1. The van der Waals surface area contributed by atoms with Crippen LogP contribution in [0.2, 0.25) is 0 Å². The molecule has 4 aromatic rings. The fourth-order valence-electron chi connectivity index (χ4n) is 5.14. The van der Waals surface area contributed by atoms with Gasteiger partial charge in [-0.15, -0.1) is 0 Å². The van der Waals surface area contributed by atoms with E-state index in [0.717, 1.165) is 36.3 Å². The van der Waals surface area contributed by atoms with E-state index in [1.54, 1.807) is 42.9 Å². The molecule has 186 valence electrons. The third-order valence-corrected chi connectivity index (χ3v) is 6.75. The molecule has 2 unspecified atom stereocenters. The fraction of sp³-hybridized carbons (Fsp3) is 0.214. The number of fused-ring (bicyclic) bond motifs is 2. The maximum Gasteiger partial charge on any atom is 0.339 e. The van der Waals surface area contributed by atoms with E-state index in [2.05, 4.69) is 4.98 Å². The van der Waals surface area contributed by atoms with Crippen molar-refractivity contribution in [3.8, 4) is 0 Å². The van der Waals surface area contributed by atoms with Gasteiger partial charge in [0.25, 0.3) is 5.91 Å². The van der Waals surface area contributed by atoms with E-state index < -0.39 is 30.1 Å². The van der Waals surface area contributed by atoms with Crippen LogP contribution in [0.4, 0.5) is 0 Å². The van der Waals surface area contributed by atoms with Gasteiger partial charge >= 0.3 is 5.97 Å². The van der Waals surface area contributed by atoms with Crippen LogP contribution in [0.3, 0.4) is 0 Å². The zero-order chi connectivity index (χ0) is 25.4. The van der Waals surface area contributed by atoms with Crippen LogP contribution in [0, 0.1) is 5.92 Å². The largest absolute Gasteiger partial charge is 0.467 e. The van der Waals surface area contributed by atoms with Crippen LogP contribution >= 0.6 is 0 Å². The lowest BCUT2D eigenvalue weighted by Gasteiger charge is -2.27. The first-order chi connectivity index (χ1) is 18.1. The van der Waals surface area contributed by atoms with Crippen molar-refractivity contribution in [3.63, 3.8) is 0 Å². The van der Waals surface area contributed by atoms with Gasteiger partial charge in [-0.2, -0.15) is 5.10 Å². The maximum absolute atomic E-state index is 13.4. The summed E-state index contributed by atoms with van der Waals surface area (Å²) >= 11 is 0. The van der Waals surface area contributed by atoms with Crippen molar-refractivity contribution in [2.24, 2.45) is 11.0 Å². The second-order valence-corrected chi connectivity index (χ2v) is 9.04. The molecule has 2 aliphatic rings. The molecule has 1 aliphatic heterocycles. The van der Waals surface area contributed by atoms with Crippen LogP contribution in [0.25, 0.3) is 17.0 Å². The maximum atomic E-state index is 13.4. The molecule has 1 fully saturated rings. The van der Waals surface area contributed by atoms with Gasteiger partial charge in [-0.1, -0.05) is 18.2 Å². The summed E-state index contributed by atoms with van der Waals surface area (Å²) in [5.74, 6) is 0.0355. The summed E-state index contributed by atoms with van der Waals surface area (Å²) in [5, 5.41) is 6.61. The number of hydrazone groups is 1. The summed E-state index contributed by atoms with van der Waals surface area (Å²) in [6, 6.07) is 14.9. The molecule has 0 radical (unpaired) electrons. The summed E-state index contributed by atoms with van der Waals surface area (Å²) < 4.78 is 16.6. The van der Waals surface area contributed by atoms with Gasteiger partial charge in [0.2, 0.25) is 5.56 Å². The highest BCUT2D eigenvalue weighted by Gasteiger charge is 2.45. The number of aromatic amines is 1. The van der Waals surface area contributed by atoms with Crippen molar-refractivity contribution in [2.45, 2.75) is 25.3 Å². The Bertz CT molecular complexity index is 1580. The van der Waals surface area contributed by atoms with Crippen LogP contribution in [-0.4, -0.2) is 34.2 Å². The molecule has 3 aromatic heterocycles. The van der Waals surface area contributed by atoms with Crippen molar-refractivity contribution in [1.82, 2.24) is 9.99 Å². The number of carbonyl (C=O) groups excluding carboxylic acids is 2. The number of aromatic nitrogens is 1. The standard InChI is InChI=1S/C28H23N3O6/c32-24-15-21(19-8-1-2-10-22(19)29-24)28(34)37-16-25(33)31-27(23-11-5-13-36-23)20-9-3-6-17(26(20)30-31)14-18-7-4-12-35-18/h1-2,4-5,7-8,10-15,20,27H,3,6,9,16H2,(H,29,32). The molecule has 1 aromatic carbocycles. The van der Waals surface area contributed by atoms with E-state index in [-0.39, 0.29) is 11.5 Å². The summed E-state index contributed by atoms with van der Waals surface area (Å²) in [6.45, 7) is -0.530. The second-order valence-electron chi connectivity index (χ2n) is 9.04. The van der Waals surface area contributed by atoms with Gasteiger partial charge in [0.05, 0.1) is 23.8 Å². The number of carbonyl (C=O) groups is 2. The van der Waals surface area contributed by atoms with Gasteiger partial charge < -0.3 is 18.6 Å². The minimum absolute atomic E-state index is 0.0580. The normalized spacial score (nSPS) is 20.2.